The van der Waals surface area contributed by atoms with Gasteiger partial charge in [0.05, 0.1) is 12.2 Å². The molecule has 5 unspecified atom stereocenters. The van der Waals surface area contributed by atoms with Gasteiger partial charge in [0, 0.05) is 19.4 Å². The molecule has 0 aliphatic heterocycles. The summed E-state index contributed by atoms with van der Waals surface area (Å²) in [5, 5.41) is 33.4. The predicted molar refractivity (Wildman–Crippen MR) is 136 cm³/mol. The van der Waals surface area contributed by atoms with Gasteiger partial charge in [-0.3, -0.25) is 9.59 Å². The third-order valence-electron chi connectivity index (χ3n) is 11.4. The first-order valence-corrected chi connectivity index (χ1v) is 14.4. The number of aliphatic hydroxyl groups is 2. The average molecular weight is 492 g/mol. The summed E-state index contributed by atoms with van der Waals surface area (Å²) in [4.78, 5) is 23.0. The van der Waals surface area contributed by atoms with Crippen LogP contribution in [0.5, 0.6) is 0 Å². The summed E-state index contributed by atoms with van der Waals surface area (Å²) in [7, 11) is 0. The van der Waals surface area contributed by atoms with Crippen LogP contribution in [0.15, 0.2) is 0 Å². The lowest BCUT2D eigenvalue weighted by Crippen LogP contribution is -2.58. The van der Waals surface area contributed by atoms with E-state index in [1.54, 1.807) is 0 Å². The molecule has 4 rings (SSSR count). The normalized spacial score (nSPS) is 43.5. The number of carboxylic acid groups (broad SMARTS) is 1. The number of carbonyl (C=O) groups excluding carboxylic acids is 1. The lowest BCUT2D eigenvalue weighted by molar-refractivity contribution is -0.174. The van der Waals surface area contributed by atoms with E-state index in [1.807, 2.05) is 0 Å². The molecule has 10 atom stereocenters. The number of hydrogen-bond donors (Lipinski definition) is 4. The van der Waals surface area contributed by atoms with Crippen LogP contribution in [0.1, 0.15) is 104 Å². The first-order valence-electron chi connectivity index (χ1n) is 14.4. The number of unbranched alkanes of at least 4 members (excludes halogenated alkanes) is 1. The Morgan fingerprint density at radius 3 is 2.40 bits per heavy atom. The summed E-state index contributed by atoms with van der Waals surface area (Å²) < 4.78 is 0. The molecule has 6 nitrogen and oxygen atoms in total. The Morgan fingerprint density at radius 2 is 1.66 bits per heavy atom. The summed E-state index contributed by atoms with van der Waals surface area (Å²) in [6.45, 7) is 7.82. The number of amides is 1. The highest BCUT2D eigenvalue weighted by atomic mass is 16.4. The molecule has 200 valence electrons. The molecule has 4 N–H and O–H groups in total. The van der Waals surface area contributed by atoms with Crippen molar-refractivity contribution < 1.29 is 24.9 Å². The van der Waals surface area contributed by atoms with Gasteiger partial charge in [-0.1, -0.05) is 20.8 Å². The summed E-state index contributed by atoms with van der Waals surface area (Å²) >= 11 is 0. The van der Waals surface area contributed by atoms with Crippen LogP contribution < -0.4 is 5.32 Å². The molecule has 0 saturated heterocycles. The highest BCUT2D eigenvalue weighted by molar-refractivity contribution is 5.75. The summed E-state index contributed by atoms with van der Waals surface area (Å²) in [6, 6.07) is 0. The number of hydrogen-bond acceptors (Lipinski definition) is 4. The molecule has 0 heterocycles. The lowest BCUT2D eigenvalue weighted by Gasteiger charge is -2.62. The number of aliphatic hydroxyl groups excluding tert-OH is 2. The van der Waals surface area contributed by atoms with E-state index in [0.717, 1.165) is 32.1 Å². The minimum atomic E-state index is -0.783. The standard InChI is InChI=1S/C29H49NO5/c1-18(7-10-25(33)30-15-5-4-6-26(34)35)21-8-9-22-27-23(12-14-29(21,22)3)28(2)13-11-20(31)16-19(28)17-24(27)32/h18-24,27,31-32H,4-17H2,1-3H3,(H,30,33)(H,34,35)/t18?,19?,20-,21-,22?,23?,24-,27?,28+,29-/m1/s1. The first kappa shape index (κ1) is 26.9. The Morgan fingerprint density at radius 1 is 0.943 bits per heavy atom. The van der Waals surface area contributed by atoms with E-state index in [1.165, 1.54) is 25.7 Å². The van der Waals surface area contributed by atoms with Crippen LogP contribution in [0.4, 0.5) is 0 Å². The highest BCUT2D eigenvalue weighted by Gasteiger charge is 2.62. The van der Waals surface area contributed by atoms with Gasteiger partial charge in [-0.15, -0.1) is 0 Å². The molecule has 0 aromatic carbocycles. The second-order valence-corrected chi connectivity index (χ2v) is 13.2. The molecule has 0 aromatic rings. The van der Waals surface area contributed by atoms with Crippen LogP contribution in [0.25, 0.3) is 0 Å². The fraction of sp³-hybridized carbons (Fsp3) is 0.931. The Labute approximate surface area is 211 Å². The second-order valence-electron chi connectivity index (χ2n) is 13.2. The Bertz CT molecular complexity index is 772. The summed E-state index contributed by atoms with van der Waals surface area (Å²) in [6.07, 6.45) is 11.0. The maximum absolute atomic E-state index is 12.4. The Balaban J connectivity index is 1.33. The highest BCUT2D eigenvalue weighted by Crippen LogP contribution is 2.68. The van der Waals surface area contributed by atoms with Gasteiger partial charge in [-0.2, -0.15) is 0 Å². The second kappa shape index (κ2) is 10.7. The number of rotatable bonds is 9. The van der Waals surface area contributed by atoms with Gasteiger partial charge >= 0.3 is 5.97 Å². The average Bonchev–Trinajstić information content (AvgIpc) is 3.15. The number of fused-ring (bicyclic) bond motifs is 5. The molecule has 0 bridgehead atoms. The smallest absolute Gasteiger partial charge is 0.303 e. The topological polar surface area (TPSA) is 107 Å². The van der Waals surface area contributed by atoms with E-state index in [-0.39, 0.29) is 35.4 Å². The van der Waals surface area contributed by atoms with Crippen molar-refractivity contribution in [2.24, 2.45) is 46.3 Å². The van der Waals surface area contributed by atoms with E-state index in [0.29, 0.717) is 61.3 Å². The van der Waals surface area contributed by atoms with Crippen molar-refractivity contribution in [3.8, 4) is 0 Å². The van der Waals surface area contributed by atoms with Crippen molar-refractivity contribution in [2.45, 2.75) is 116 Å². The molecule has 6 heteroatoms. The zero-order chi connectivity index (χ0) is 25.4. The first-order chi connectivity index (χ1) is 16.6. The van der Waals surface area contributed by atoms with Crippen molar-refractivity contribution in [1.82, 2.24) is 5.32 Å². The van der Waals surface area contributed by atoms with Gasteiger partial charge in [-0.25, -0.2) is 0 Å². The SMILES string of the molecule is CC(CCC(=O)NCCCCC(=O)O)[C@H]1CCC2C3C(CC[C@@]21C)[C@@]1(C)CC[C@@H](O)CC1C[C@H]3O. The van der Waals surface area contributed by atoms with Crippen molar-refractivity contribution >= 4 is 11.9 Å². The molecule has 0 aromatic heterocycles. The van der Waals surface area contributed by atoms with E-state index in [2.05, 4.69) is 26.1 Å². The van der Waals surface area contributed by atoms with Crippen LogP contribution in [0.2, 0.25) is 0 Å². The van der Waals surface area contributed by atoms with Gasteiger partial charge in [-0.05, 0) is 117 Å². The Hall–Kier alpha value is -1.14. The monoisotopic (exact) mass is 491 g/mol. The van der Waals surface area contributed by atoms with Gasteiger partial charge in [0.2, 0.25) is 5.91 Å². The maximum atomic E-state index is 12.4. The van der Waals surface area contributed by atoms with E-state index >= 15 is 0 Å². The molecule has 4 fully saturated rings. The zero-order valence-corrected chi connectivity index (χ0v) is 22.2. The molecule has 35 heavy (non-hydrogen) atoms. The van der Waals surface area contributed by atoms with Gasteiger partial charge in [0.25, 0.3) is 0 Å². The van der Waals surface area contributed by atoms with Crippen LogP contribution in [-0.2, 0) is 9.59 Å². The molecule has 4 aliphatic carbocycles. The van der Waals surface area contributed by atoms with Gasteiger partial charge in [0.15, 0.2) is 0 Å². The van der Waals surface area contributed by atoms with Crippen LogP contribution in [0.3, 0.4) is 0 Å². The van der Waals surface area contributed by atoms with E-state index in [4.69, 9.17) is 5.11 Å². The number of carboxylic acids is 1. The third kappa shape index (κ3) is 5.30. The molecule has 1 amide bonds. The summed E-state index contributed by atoms with van der Waals surface area (Å²) in [5.74, 6) is 2.35. The molecule has 0 spiro atoms. The Kier molecular flexibility index (Phi) is 8.22. The third-order valence-corrected chi connectivity index (χ3v) is 11.4. The number of aliphatic carboxylic acids is 1. The van der Waals surface area contributed by atoms with Crippen LogP contribution in [0, 0.1) is 46.3 Å². The van der Waals surface area contributed by atoms with Gasteiger partial charge < -0.3 is 20.6 Å². The summed E-state index contributed by atoms with van der Waals surface area (Å²) in [5.41, 5.74) is 0.503. The zero-order valence-electron chi connectivity index (χ0n) is 22.2. The van der Waals surface area contributed by atoms with E-state index < -0.39 is 5.97 Å². The number of carbonyl (C=O) groups is 2. The predicted octanol–water partition coefficient (Wildman–Crippen LogP) is 4.76. The fourth-order valence-electron chi connectivity index (χ4n) is 9.45. The van der Waals surface area contributed by atoms with Crippen molar-refractivity contribution in [3.05, 3.63) is 0 Å². The van der Waals surface area contributed by atoms with Crippen molar-refractivity contribution in [1.29, 1.82) is 0 Å². The molecular weight excluding hydrogens is 442 g/mol. The van der Waals surface area contributed by atoms with Crippen LogP contribution >= 0.6 is 0 Å². The fourth-order valence-corrected chi connectivity index (χ4v) is 9.45. The molecule has 4 saturated carbocycles. The lowest BCUT2D eigenvalue weighted by atomic mass is 9.43. The van der Waals surface area contributed by atoms with Crippen LogP contribution in [-0.4, -0.2) is 45.9 Å². The van der Waals surface area contributed by atoms with Crippen molar-refractivity contribution in [3.63, 3.8) is 0 Å². The quantitative estimate of drug-likeness (QED) is 0.348. The molecular formula is C29H49NO5. The number of nitrogens with one attached hydrogen (secondary N) is 1. The maximum Gasteiger partial charge on any atom is 0.303 e. The minimum absolute atomic E-state index is 0.0803. The van der Waals surface area contributed by atoms with E-state index in [9.17, 15) is 19.8 Å². The van der Waals surface area contributed by atoms with Gasteiger partial charge in [0.1, 0.15) is 0 Å². The minimum Gasteiger partial charge on any atom is -0.481 e. The van der Waals surface area contributed by atoms with Crippen molar-refractivity contribution in [2.75, 3.05) is 6.54 Å². The molecule has 0 radical (unpaired) electrons. The largest absolute Gasteiger partial charge is 0.481 e. The molecule has 4 aliphatic rings.